The number of thiophene rings is 1. The Balaban J connectivity index is 1.91. The van der Waals surface area contributed by atoms with Crippen LogP contribution in [0.25, 0.3) is 5.76 Å². The van der Waals surface area contributed by atoms with Crippen molar-refractivity contribution in [3.8, 4) is 11.5 Å². The highest BCUT2D eigenvalue weighted by Gasteiger charge is 2.47. The maximum Gasteiger partial charge on any atom is 0.300 e. The molecule has 7 heteroatoms. The highest BCUT2D eigenvalue weighted by atomic mass is 32.1. The molecule has 1 aromatic heterocycles. The van der Waals surface area contributed by atoms with Crippen LogP contribution in [-0.4, -0.2) is 30.0 Å². The van der Waals surface area contributed by atoms with Crippen molar-refractivity contribution < 1.29 is 24.2 Å². The summed E-state index contributed by atoms with van der Waals surface area (Å²) in [5.41, 5.74) is 1.94. The number of hydrogen-bond donors (Lipinski definition) is 1. The van der Waals surface area contributed by atoms with Crippen molar-refractivity contribution in [3.63, 3.8) is 0 Å². The largest absolute Gasteiger partial charge is 0.507 e. The van der Waals surface area contributed by atoms with Gasteiger partial charge in [-0.1, -0.05) is 18.2 Å². The van der Waals surface area contributed by atoms with Gasteiger partial charge in [0, 0.05) is 16.6 Å². The van der Waals surface area contributed by atoms with Crippen molar-refractivity contribution >= 4 is 34.5 Å². The molecular formula is C26H25NO5S. The number of rotatable bonds is 7. The molecule has 0 saturated carbocycles. The number of benzene rings is 2. The molecule has 1 amide bonds. The first kappa shape index (κ1) is 22.6. The molecule has 0 spiro atoms. The van der Waals surface area contributed by atoms with E-state index in [0.717, 1.165) is 10.4 Å². The van der Waals surface area contributed by atoms with Gasteiger partial charge in [-0.15, -0.1) is 11.3 Å². The van der Waals surface area contributed by atoms with Gasteiger partial charge in [-0.25, -0.2) is 0 Å². The van der Waals surface area contributed by atoms with Crippen LogP contribution in [0.2, 0.25) is 0 Å². The molecule has 1 fully saturated rings. The van der Waals surface area contributed by atoms with Crippen molar-refractivity contribution in [2.24, 2.45) is 0 Å². The van der Waals surface area contributed by atoms with E-state index < -0.39 is 17.7 Å². The number of ether oxygens (including phenoxy) is 2. The van der Waals surface area contributed by atoms with Crippen LogP contribution >= 0.6 is 11.3 Å². The van der Waals surface area contributed by atoms with E-state index in [-0.39, 0.29) is 11.3 Å². The van der Waals surface area contributed by atoms with E-state index in [9.17, 15) is 14.7 Å². The Morgan fingerprint density at radius 2 is 1.82 bits per heavy atom. The van der Waals surface area contributed by atoms with Crippen LogP contribution in [0.4, 0.5) is 5.69 Å². The predicted octanol–water partition coefficient (Wildman–Crippen LogP) is 5.48. The molecule has 1 aliphatic rings. The number of aryl methyl sites for hydroxylation is 1. The first-order valence-corrected chi connectivity index (χ1v) is 11.6. The second-order valence-electron chi connectivity index (χ2n) is 7.55. The van der Waals surface area contributed by atoms with Gasteiger partial charge < -0.3 is 14.6 Å². The van der Waals surface area contributed by atoms with E-state index in [1.54, 1.807) is 24.3 Å². The maximum absolute atomic E-state index is 13.3. The Bertz CT molecular complexity index is 1220. The fourth-order valence-corrected chi connectivity index (χ4v) is 4.79. The zero-order valence-electron chi connectivity index (χ0n) is 18.7. The number of anilines is 1. The summed E-state index contributed by atoms with van der Waals surface area (Å²) in [7, 11) is 0. The molecule has 2 heterocycles. The van der Waals surface area contributed by atoms with Crippen LogP contribution in [0.1, 0.15) is 35.9 Å². The van der Waals surface area contributed by atoms with Crippen molar-refractivity contribution in [1.82, 2.24) is 0 Å². The van der Waals surface area contributed by atoms with Crippen molar-refractivity contribution in [2.75, 3.05) is 18.1 Å². The molecule has 4 rings (SSSR count). The predicted molar refractivity (Wildman–Crippen MR) is 129 cm³/mol. The van der Waals surface area contributed by atoms with Crippen molar-refractivity contribution in [2.45, 2.75) is 26.8 Å². The van der Waals surface area contributed by atoms with Gasteiger partial charge in [0.15, 0.2) is 0 Å². The van der Waals surface area contributed by atoms with Gasteiger partial charge in [-0.3, -0.25) is 14.5 Å². The molecular weight excluding hydrogens is 438 g/mol. The van der Waals surface area contributed by atoms with Gasteiger partial charge in [-0.2, -0.15) is 0 Å². The molecule has 1 unspecified atom stereocenters. The second-order valence-corrected chi connectivity index (χ2v) is 8.53. The number of aliphatic hydroxyl groups excluding tert-OH is 1. The fourth-order valence-electron chi connectivity index (χ4n) is 3.97. The van der Waals surface area contributed by atoms with Gasteiger partial charge in [0.2, 0.25) is 0 Å². The number of nitrogens with zero attached hydrogens (tertiary/aromatic N) is 1. The number of Topliss-reactive ketones (excluding diaryl/α,β-unsaturated/α-hetero) is 1. The molecule has 1 saturated heterocycles. The maximum atomic E-state index is 13.3. The molecule has 170 valence electrons. The normalized spacial score (nSPS) is 17.4. The molecule has 6 nitrogen and oxygen atoms in total. The summed E-state index contributed by atoms with van der Waals surface area (Å²) < 4.78 is 11.3. The van der Waals surface area contributed by atoms with Crippen LogP contribution in [0, 0.1) is 6.92 Å². The Morgan fingerprint density at radius 1 is 1.03 bits per heavy atom. The molecule has 3 aromatic rings. The highest BCUT2D eigenvalue weighted by Crippen LogP contribution is 2.45. The summed E-state index contributed by atoms with van der Waals surface area (Å²) in [5.74, 6) is -0.707. The van der Waals surface area contributed by atoms with Gasteiger partial charge in [0.1, 0.15) is 23.3 Å². The minimum absolute atomic E-state index is 0.0362. The number of carbonyl (C=O) groups excluding carboxylic acids is 2. The lowest BCUT2D eigenvalue weighted by Crippen LogP contribution is -2.29. The molecule has 2 aromatic carbocycles. The lowest BCUT2D eigenvalue weighted by atomic mass is 9.99. The zero-order valence-corrected chi connectivity index (χ0v) is 19.5. The number of carbonyl (C=O) groups is 2. The number of ketones is 1. The molecule has 0 bridgehead atoms. The SMILES string of the molecule is CCOc1ccc(/C(O)=C2/C(=O)C(=O)N(c3cccc(C)c3)C2c2cccs2)c(OCC)c1. The quantitative estimate of drug-likeness (QED) is 0.285. The van der Waals surface area contributed by atoms with E-state index in [1.807, 2.05) is 56.5 Å². The van der Waals surface area contributed by atoms with Crippen LogP contribution in [0.15, 0.2) is 65.6 Å². The van der Waals surface area contributed by atoms with Gasteiger partial charge >= 0.3 is 0 Å². The van der Waals surface area contributed by atoms with Crippen LogP contribution in [-0.2, 0) is 9.59 Å². The topological polar surface area (TPSA) is 76.1 Å². The van der Waals surface area contributed by atoms with Gasteiger partial charge in [-0.05, 0) is 62.0 Å². The van der Waals surface area contributed by atoms with E-state index in [4.69, 9.17) is 9.47 Å². The standard InChI is InChI=1S/C26H25NO5S/c1-4-31-18-11-12-19(20(15-18)32-5-2)24(28)22-23(21-10-7-13-33-21)27(26(30)25(22)29)17-9-6-8-16(3)14-17/h6-15,23,28H,4-5H2,1-3H3/b24-22-. The van der Waals surface area contributed by atoms with Crippen molar-refractivity contribution in [3.05, 3.63) is 81.6 Å². The van der Waals surface area contributed by atoms with E-state index in [1.165, 1.54) is 16.2 Å². The summed E-state index contributed by atoms with van der Waals surface area (Å²) in [6, 6.07) is 15.4. The second kappa shape index (κ2) is 9.50. The minimum atomic E-state index is -0.743. The zero-order chi connectivity index (χ0) is 23.5. The lowest BCUT2D eigenvalue weighted by Gasteiger charge is -2.24. The third kappa shape index (κ3) is 4.24. The Hall–Kier alpha value is -3.58. The van der Waals surface area contributed by atoms with Crippen LogP contribution in [0.5, 0.6) is 11.5 Å². The summed E-state index contributed by atoms with van der Waals surface area (Å²) in [6.07, 6.45) is 0. The molecule has 1 atom stereocenters. The van der Waals surface area contributed by atoms with E-state index in [2.05, 4.69) is 0 Å². The third-order valence-corrected chi connectivity index (χ3v) is 6.28. The summed E-state index contributed by atoms with van der Waals surface area (Å²) in [5, 5.41) is 13.3. The first-order valence-electron chi connectivity index (χ1n) is 10.8. The molecule has 0 radical (unpaired) electrons. The third-order valence-electron chi connectivity index (χ3n) is 5.36. The summed E-state index contributed by atoms with van der Waals surface area (Å²) in [6.45, 7) is 6.48. The smallest absolute Gasteiger partial charge is 0.300 e. The molecule has 1 aliphatic heterocycles. The Labute approximate surface area is 196 Å². The Kier molecular flexibility index (Phi) is 6.51. The van der Waals surface area contributed by atoms with E-state index >= 15 is 0 Å². The fraction of sp³-hybridized carbons (Fsp3) is 0.231. The minimum Gasteiger partial charge on any atom is -0.507 e. The molecule has 0 aliphatic carbocycles. The van der Waals surface area contributed by atoms with Crippen LogP contribution < -0.4 is 14.4 Å². The summed E-state index contributed by atoms with van der Waals surface area (Å²) >= 11 is 1.42. The monoisotopic (exact) mass is 463 g/mol. The average molecular weight is 464 g/mol. The highest BCUT2D eigenvalue weighted by molar-refractivity contribution is 7.10. The van der Waals surface area contributed by atoms with Gasteiger partial charge in [0.25, 0.3) is 11.7 Å². The number of hydrogen-bond acceptors (Lipinski definition) is 6. The summed E-state index contributed by atoms with van der Waals surface area (Å²) in [4.78, 5) is 28.7. The van der Waals surface area contributed by atoms with Crippen LogP contribution in [0.3, 0.4) is 0 Å². The Morgan fingerprint density at radius 3 is 2.48 bits per heavy atom. The average Bonchev–Trinajstić information content (AvgIpc) is 3.41. The van der Waals surface area contributed by atoms with E-state index in [0.29, 0.717) is 36.0 Å². The number of aliphatic hydroxyl groups is 1. The molecule has 33 heavy (non-hydrogen) atoms. The van der Waals surface area contributed by atoms with Gasteiger partial charge in [0.05, 0.1) is 24.4 Å². The number of amides is 1. The lowest BCUT2D eigenvalue weighted by molar-refractivity contribution is -0.132. The first-order chi connectivity index (χ1) is 16.0. The molecule has 1 N–H and O–H groups in total. The van der Waals surface area contributed by atoms with Crippen molar-refractivity contribution in [1.29, 1.82) is 0 Å².